The molecule has 2 aliphatic rings. The molecule has 0 heterocycles. The Balaban J connectivity index is 1.50. The standard InChI is InChI=1S/C16H21ClFNO/c17-12-7-11(8-13(18)9-12)15(20)10-19-14-1-3-16(4-2-14)5-6-16/h7-9,14-15,19-20H,1-6,10H2. The Kier molecular flexibility index (Phi) is 4.02. The van der Waals surface area contributed by atoms with Crippen LogP contribution >= 0.6 is 11.6 Å². The van der Waals surface area contributed by atoms with Gasteiger partial charge in [-0.1, -0.05) is 11.6 Å². The Hall–Kier alpha value is -0.640. The van der Waals surface area contributed by atoms with E-state index < -0.39 is 11.9 Å². The smallest absolute Gasteiger partial charge is 0.125 e. The molecule has 0 aliphatic heterocycles. The maximum absolute atomic E-state index is 13.3. The molecule has 2 aliphatic carbocycles. The molecule has 0 amide bonds. The molecule has 1 spiro atoms. The van der Waals surface area contributed by atoms with Crippen molar-refractivity contribution < 1.29 is 9.50 Å². The second-order valence-electron chi connectivity index (χ2n) is 6.40. The number of rotatable bonds is 4. The van der Waals surface area contributed by atoms with Crippen molar-refractivity contribution in [1.29, 1.82) is 0 Å². The van der Waals surface area contributed by atoms with E-state index in [0.29, 0.717) is 28.6 Å². The number of benzene rings is 1. The molecule has 1 aromatic rings. The Bertz CT molecular complexity index is 459. The van der Waals surface area contributed by atoms with E-state index in [4.69, 9.17) is 11.6 Å². The summed E-state index contributed by atoms with van der Waals surface area (Å²) >= 11 is 5.81. The quantitative estimate of drug-likeness (QED) is 0.885. The van der Waals surface area contributed by atoms with Gasteiger partial charge in [-0.25, -0.2) is 4.39 Å². The van der Waals surface area contributed by atoms with Crippen LogP contribution in [0.4, 0.5) is 4.39 Å². The number of hydrogen-bond acceptors (Lipinski definition) is 2. The molecular weight excluding hydrogens is 277 g/mol. The van der Waals surface area contributed by atoms with Crippen LogP contribution in [0.1, 0.15) is 50.2 Å². The van der Waals surface area contributed by atoms with Crippen LogP contribution < -0.4 is 5.32 Å². The molecule has 1 atom stereocenters. The summed E-state index contributed by atoms with van der Waals surface area (Å²) in [6, 6.07) is 4.71. The van der Waals surface area contributed by atoms with E-state index in [1.807, 2.05) is 0 Å². The topological polar surface area (TPSA) is 32.3 Å². The number of hydrogen-bond donors (Lipinski definition) is 2. The molecule has 4 heteroatoms. The molecule has 0 aromatic heterocycles. The highest BCUT2D eigenvalue weighted by Gasteiger charge is 2.44. The molecule has 3 rings (SSSR count). The zero-order valence-electron chi connectivity index (χ0n) is 11.5. The second kappa shape index (κ2) is 5.63. The summed E-state index contributed by atoms with van der Waals surface area (Å²) in [6.07, 6.45) is 7.11. The summed E-state index contributed by atoms with van der Waals surface area (Å²) in [5.74, 6) is -0.403. The fourth-order valence-electron chi connectivity index (χ4n) is 3.27. The van der Waals surface area contributed by atoms with Gasteiger partial charge in [0, 0.05) is 17.6 Å². The lowest BCUT2D eigenvalue weighted by atomic mass is 9.83. The molecule has 1 aromatic carbocycles. The highest BCUT2D eigenvalue weighted by molar-refractivity contribution is 6.30. The van der Waals surface area contributed by atoms with Gasteiger partial charge in [-0.3, -0.25) is 0 Å². The first-order valence-corrected chi connectivity index (χ1v) is 7.82. The average Bonchev–Trinajstić information content (AvgIpc) is 3.16. The molecule has 0 radical (unpaired) electrons. The van der Waals surface area contributed by atoms with E-state index in [0.717, 1.165) is 0 Å². The fourth-order valence-corrected chi connectivity index (χ4v) is 3.50. The lowest BCUT2D eigenvalue weighted by Gasteiger charge is -2.29. The molecule has 20 heavy (non-hydrogen) atoms. The normalized spacial score (nSPS) is 22.9. The van der Waals surface area contributed by atoms with Crippen molar-refractivity contribution in [3.63, 3.8) is 0 Å². The van der Waals surface area contributed by atoms with E-state index in [1.54, 1.807) is 6.07 Å². The minimum Gasteiger partial charge on any atom is -0.387 e. The predicted molar refractivity (Wildman–Crippen MR) is 78.3 cm³/mol. The third kappa shape index (κ3) is 3.33. The maximum atomic E-state index is 13.3. The van der Waals surface area contributed by atoms with E-state index in [9.17, 15) is 9.50 Å². The van der Waals surface area contributed by atoms with Crippen LogP contribution in [0.25, 0.3) is 0 Å². The van der Waals surface area contributed by atoms with Crippen LogP contribution in [-0.4, -0.2) is 17.7 Å². The van der Waals surface area contributed by atoms with Crippen molar-refractivity contribution in [3.05, 3.63) is 34.6 Å². The molecule has 0 bridgehead atoms. The Morgan fingerprint density at radius 2 is 1.95 bits per heavy atom. The predicted octanol–water partition coefficient (Wildman–Crippen LogP) is 3.82. The SMILES string of the molecule is OC(CNC1CCC2(CC1)CC2)c1cc(F)cc(Cl)c1. The number of aliphatic hydroxyl groups excluding tert-OH is 1. The van der Waals surface area contributed by atoms with Gasteiger partial charge in [0.05, 0.1) is 6.10 Å². The molecule has 110 valence electrons. The minimum absolute atomic E-state index is 0.326. The van der Waals surface area contributed by atoms with Crippen molar-refractivity contribution >= 4 is 11.6 Å². The summed E-state index contributed by atoms with van der Waals surface area (Å²) in [4.78, 5) is 0. The monoisotopic (exact) mass is 297 g/mol. The minimum atomic E-state index is -0.708. The zero-order valence-corrected chi connectivity index (χ0v) is 12.3. The molecule has 0 saturated heterocycles. The van der Waals surface area contributed by atoms with E-state index >= 15 is 0 Å². The first-order valence-electron chi connectivity index (χ1n) is 7.44. The largest absolute Gasteiger partial charge is 0.387 e. The van der Waals surface area contributed by atoms with Crippen molar-refractivity contribution in [2.24, 2.45) is 5.41 Å². The molecule has 2 nitrogen and oxygen atoms in total. The summed E-state index contributed by atoms with van der Waals surface area (Å²) in [7, 11) is 0. The Morgan fingerprint density at radius 3 is 2.55 bits per heavy atom. The fraction of sp³-hybridized carbons (Fsp3) is 0.625. The van der Waals surface area contributed by atoms with E-state index in [1.165, 1.54) is 50.7 Å². The summed E-state index contributed by atoms with van der Waals surface area (Å²) in [6.45, 7) is 0.456. The number of halogens is 2. The van der Waals surface area contributed by atoms with Gasteiger partial charge < -0.3 is 10.4 Å². The van der Waals surface area contributed by atoms with Crippen molar-refractivity contribution in [2.75, 3.05) is 6.54 Å². The highest BCUT2D eigenvalue weighted by Crippen LogP contribution is 2.56. The summed E-state index contributed by atoms with van der Waals surface area (Å²) in [5.41, 5.74) is 1.23. The van der Waals surface area contributed by atoms with Gasteiger partial charge in [-0.15, -0.1) is 0 Å². The first-order chi connectivity index (χ1) is 9.56. The Labute approximate surface area is 124 Å². The van der Waals surface area contributed by atoms with Gasteiger partial charge in [-0.2, -0.15) is 0 Å². The zero-order chi connectivity index (χ0) is 14.2. The summed E-state index contributed by atoms with van der Waals surface area (Å²) in [5, 5.41) is 13.9. The second-order valence-corrected chi connectivity index (χ2v) is 6.84. The van der Waals surface area contributed by atoms with Crippen LogP contribution in [0.15, 0.2) is 18.2 Å². The lowest BCUT2D eigenvalue weighted by Crippen LogP contribution is -2.36. The van der Waals surface area contributed by atoms with E-state index in [2.05, 4.69) is 5.32 Å². The molecule has 2 fully saturated rings. The van der Waals surface area contributed by atoms with Gasteiger partial charge in [-0.05, 0) is 67.7 Å². The van der Waals surface area contributed by atoms with Crippen molar-refractivity contribution in [3.8, 4) is 0 Å². The first kappa shape index (κ1) is 14.3. The van der Waals surface area contributed by atoms with Crippen LogP contribution in [0.3, 0.4) is 0 Å². The van der Waals surface area contributed by atoms with Gasteiger partial charge in [0.1, 0.15) is 5.82 Å². The number of aliphatic hydroxyl groups is 1. The van der Waals surface area contributed by atoms with Crippen LogP contribution in [0.2, 0.25) is 5.02 Å². The molecular formula is C16H21ClFNO. The van der Waals surface area contributed by atoms with Gasteiger partial charge >= 0.3 is 0 Å². The van der Waals surface area contributed by atoms with Crippen molar-refractivity contribution in [2.45, 2.75) is 50.7 Å². The average molecular weight is 298 g/mol. The van der Waals surface area contributed by atoms with Crippen molar-refractivity contribution in [1.82, 2.24) is 5.32 Å². The molecule has 1 unspecified atom stereocenters. The van der Waals surface area contributed by atoms with Gasteiger partial charge in [0.25, 0.3) is 0 Å². The summed E-state index contributed by atoms with van der Waals surface area (Å²) < 4.78 is 13.3. The third-order valence-corrected chi connectivity index (χ3v) is 5.09. The van der Waals surface area contributed by atoms with Gasteiger partial charge in [0.2, 0.25) is 0 Å². The molecule has 2 saturated carbocycles. The van der Waals surface area contributed by atoms with Gasteiger partial charge in [0.15, 0.2) is 0 Å². The lowest BCUT2D eigenvalue weighted by molar-refractivity contribution is 0.160. The van der Waals surface area contributed by atoms with E-state index in [-0.39, 0.29) is 0 Å². The highest BCUT2D eigenvalue weighted by atomic mass is 35.5. The Morgan fingerprint density at radius 1 is 1.25 bits per heavy atom. The molecule has 2 N–H and O–H groups in total. The van der Waals surface area contributed by atoms with Crippen LogP contribution in [0, 0.1) is 11.2 Å². The number of nitrogens with one attached hydrogen (secondary N) is 1. The van der Waals surface area contributed by atoms with Crippen LogP contribution in [0.5, 0.6) is 0 Å². The third-order valence-electron chi connectivity index (χ3n) is 4.87. The maximum Gasteiger partial charge on any atom is 0.125 e. The van der Waals surface area contributed by atoms with Crippen LogP contribution in [-0.2, 0) is 0 Å².